The highest BCUT2D eigenvalue weighted by Gasteiger charge is 2.19. The van der Waals surface area contributed by atoms with E-state index in [0.717, 1.165) is 11.6 Å². The summed E-state index contributed by atoms with van der Waals surface area (Å²) in [6.07, 6.45) is 0. The summed E-state index contributed by atoms with van der Waals surface area (Å²) in [6, 6.07) is 8.62. The number of hydrogen-bond donors (Lipinski definition) is 1. The average Bonchev–Trinajstić information content (AvgIpc) is 2.76. The Kier molecular flexibility index (Phi) is 4.44. The third-order valence-corrected chi connectivity index (χ3v) is 4.70. The van der Waals surface area contributed by atoms with E-state index in [1.165, 1.54) is 21.6 Å². The van der Waals surface area contributed by atoms with Gasteiger partial charge in [-0.3, -0.25) is 0 Å². The van der Waals surface area contributed by atoms with Crippen LogP contribution in [0.1, 0.15) is 34.5 Å². The van der Waals surface area contributed by atoms with Crippen LogP contribution in [0, 0.1) is 13.8 Å². The molecule has 0 bridgehead atoms. The summed E-state index contributed by atoms with van der Waals surface area (Å²) in [5, 5.41) is 6.44. The van der Waals surface area contributed by atoms with Crippen LogP contribution in [0.4, 0.5) is 0 Å². The molecule has 1 aromatic carbocycles. The van der Waals surface area contributed by atoms with E-state index in [-0.39, 0.29) is 6.04 Å². The van der Waals surface area contributed by atoms with Gasteiger partial charge in [-0.05, 0) is 48.5 Å². The average molecular weight is 280 g/mol. The zero-order valence-corrected chi connectivity index (χ0v) is 12.5. The molecular formula is C15H18ClNS. The van der Waals surface area contributed by atoms with Crippen molar-refractivity contribution < 1.29 is 0 Å². The zero-order chi connectivity index (χ0) is 13.1. The van der Waals surface area contributed by atoms with E-state index in [9.17, 15) is 0 Å². The standard InChI is InChI=1S/C15H18ClNS/c1-4-17-14(15-13(16)8-9-18-15)12-7-5-6-10(2)11(12)3/h5-9,14,17H,4H2,1-3H3. The number of benzene rings is 1. The molecule has 1 unspecified atom stereocenters. The van der Waals surface area contributed by atoms with Gasteiger partial charge in [0, 0.05) is 4.88 Å². The largest absolute Gasteiger partial charge is 0.306 e. The lowest BCUT2D eigenvalue weighted by Crippen LogP contribution is -2.22. The highest BCUT2D eigenvalue weighted by molar-refractivity contribution is 7.10. The van der Waals surface area contributed by atoms with Crippen LogP contribution in [0.25, 0.3) is 0 Å². The SMILES string of the molecule is CCNC(c1cccc(C)c1C)c1sccc1Cl. The predicted molar refractivity (Wildman–Crippen MR) is 80.8 cm³/mol. The van der Waals surface area contributed by atoms with Gasteiger partial charge in [-0.1, -0.05) is 36.7 Å². The van der Waals surface area contributed by atoms with Gasteiger partial charge in [-0.25, -0.2) is 0 Å². The minimum absolute atomic E-state index is 0.197. The normalized spacial score (nSPS) is 12.7. The zero-order valence-electron chi connectivity index (χ0n) is 11.0. The third-order valence-electron chi connectivity index (χ3n) is 3.27. The van der Waals surface area contributed by atoms with Gasteiger partial charge < -0.3 is 5.32 Å². The molecule has 0 aliphatic carbocycles. The van der Waals surface area contributed by atoms with Crippen LogP contribution in [0.5, 0.6) is 0 Å². The van der Waals surface area contributed by atoms with E-state index in [1.807, 2.05) is 11.4 Å². The first-order chi connectivity index (χ1) is 8.65. The molecular weight excluding hydrogens is 262 g/mol. The summed E-state index contributed by atoms with van der Waals surface area (Å²) >= 11 is 8.00. The van der Waals surface area contributed by atoms with Crippen molar-refractivity contribution in [1.29, 1.82) is 0 Å². The van der Waals surface area contributed by atoms with Crippen LogP contribution in [0.15, 0.2) is 29.6 Å². The van der Waals surface area contributed by atoms with Gasteiger partial charge in [0.05, 0.1) is 11.1 Å². The Balaban J connectivity index is 2.48. The minimum atomic E-state index is 0.197. The topological polar surface area (TPSA) is 12.0 Å². The van der Waals surface area contributed by atoms with Gasteiger partial charge in [0.25, 0.3) is 0 Å². The molecule has 18 heavy (non-hydrogen) atoms. The van der Waals surface area contributed by atoms with Crippen LogP contribution in [0.2, 0.25) is 5.02 Å². The summed E-state index contributed by atoms with van der Waals surface area (Å²) in [5.41, 5.74) is 3.98. The lowest BCUT2D eigenvalue weighted by Gasteiger charge is -2.20. The first-order valence-electron chi connectivity index (χ1n) is 6.17. The first kappa shape index (κ1) is 13.6. The van der Waals surface area contributed by atoms with Crippen LogP contribution in [0.3, 0.4) is 0 Å². The van der Waals surface area contributed by atoms with Gasteiger partial charge in [0.2, 0.25) is 0 Å². The summed E-state index contributed by atoms with van der Waals surface area (Å²) in [5.74, 6) is 0. The molecule has 0 fully saturated rings. The van der Waals surface area contributed by atoms with E-state index < -0.39 is 0 Å². The Morgan fingerprint density at radius 3 is 2.67 bits per heavy atom. The molecule has 2 aromatic rings. The maximum Gasteiger partial charge on any atom is 0.0688 e. The fourth-order valence-electron chi connectivity index (χ4n) is 2.15. The molecule has 0 aliphatic heterocycles. The Morgan fingerprint density at radius 1 is 1.28 bits per heavy atom. The molecule has 0 spiro atoms. The van der Waals surface area contributed by atoms with Gasteiger partial charge in [0.15, 0.2) is 0 Å². The van der Waals surface area contributed by atoms with Crippen molar-refractivity contribution in [3.8, 4) is 0 Å². The maximum absolute atomic E-state index is 6.28. The van der Waals surface area contributed by atoms with E-state index in [2.05, 4.69) is 44.3 Å². The van der Waals surface area contributed by atoms with E-state index in [4.69, 9.17) is 11.6 Å². The fraction of sp³-hybridized carbons (Fsp3) is 0.333. The molecule has 0 radical (unpaired) electrons. The molecule has 1 atom stereocenters. The number of nitrogens with one attached hydrogen (secondary N) is 1. The summed E-state index contributed by atoms with van der Waals surface area (Å²) < 4.78 is 0. The summed E-state index contributed by atoms with van der Waals surface area (Å²) in [4.78, 5) is 1.20. The lowest BCUT2D eigenvalue weighted by molar-refractivity contribution is 0.636. The van der Waals surface area contributed by atoms with E-state index >= 15 is 0 Å². The Morgan fingerprint density at radius 2 is 2.06 bits per heavy atom. The van der Waals surface area contributed by atoms with Gasteiger partial charge >= 0.3 is 0 Å². The molecule has 3 heteroatoms. The highest BCUT2D eigenvalue weighted by Crippen LogP contribution is 2.34. The Bertz CT molecular complexity index is 533. The van der Waals surface area contributed by atoms with Crippen molar-refractivity contribution in [3.05, 3.63) is 56.2 Å². The number of halogens is 1. The van der Waals surface area contributed by atoms with E-state index in [0.29, 0.717) is 0 Å². The second-order valence-electron chi connectivity index (χ2n) is 4.41. The second kappa shape index (κ2) is 5.87. The van der Waals surface area contributed by atoms with Crippen LogP contribution in [-0.2, 0) is 0 Å². The molecule has 1 heterocycles. The van der Waals surface area contributed by atoms with E-state index in [1.54, 1.807) is 11.3 Å². The molecule has 1 aromatic heterocycles. The monoisotopic (exact) mass is 279 g/mol. The molecule has 0 saturated heterocycles. The first-order valence-corrected chi connectivity index (χ1v) is 7.43. The van der Waals surface area contributed by atoms with Crippen molar-refractivity contribution in [1.82, 2.24) is 5.32 Å². The van der Waals surface area contributed by atoms with Crippen LogP contribution < -0.4 is 5.32 Å². The number of rotatable bonds is 4. The maximum atomic E-state index is 6.28. The van der Waals surface area contributed by atoms with Gasteiger partial charge in [-0.2, -0.15) is 0 Å². The van der Waals surface area contributed by atoms with Crippen molar-refractivity contribution in [3.63, 3.8) is 0 Å². The Hall–Kier alpha value is -0.830. The van der Waals surface area contributed by atoms with Crippen molar-refractivity contribution in [2.24, 2.45) is 0 Å². The second-order valence-corrected chi connectivity index (χ2v) is 5.77. The lowest BCUT2D eigenvalue weighted by atomic mass is 9.96. The number of thiophene rings is 1. The summed E-state index contributed by atoms with van der Waals surface area (Å²) in [6.45, 7) is 7.38. The Labute approximate surface area is 118 Å². The molecule has 1 N–H and O–H groups in total. The quantitative estimate of drug-likeness (QED) is 0.854. The molecule has 0 saturated carbocycles. The molecule has 1 nitrogen and oxygen atoms in total. The van der Waals surface area contributed by atoms with Crippen molar-refractivity contribution >= 4 is 22.9 Å². The van der Waals surface area contributed by atoms with Gasteiger partial charge in [-0.15, -0.1) is 11.3 Å². The molecule has 96 valence electrons. The number of aryl methyl sites for hydroxylation is 1. The van der Waals surface area contributed by atoms with Crippen molar-refractivity contribution in [2.45, 2.75) is 26.8 Å². The minimum Gasteiger partial charge on any atom is -0.306 e. The smallest absolute Gasteiger partial charge is 0.0688 e. The van der Waals surface area contributed by atoms with Crippen LogP contribution in [-0.4, -0.2) is 6.54 Å². The molecule has 0 amide bonds. The number of hydrogen-bond acceptors (Lipinski definition) is 2. The highest BCUT2D eigenvalue weighted by atomic mass is 35.5. The summed E-state index contributed by atoms with van der Waals surface area (Å²) in [7, 11) is 0. The van der Waals surface area contributed by atoms with Crippen molar-refractivity contribution in [2.75, 3.05) is 6.54 Å². The molecule has 2 rings (SSSR count). The third kappa shape index (κ3) is 2.61. The van der Waals surface area contributed by atoms with Crippen LogP contribution >= 0.6 is 22.9 Å². The van der Waals surface area contributed by atoms with Gasteiger partial charge in [0.1, 0.15) is 0 Å². The molecule has 0 aliphatic rings. The predicted octanol–water partition coefficient (Wildman–Crippen LogP) is 4.72. The fourth-order valence-corrected chi connectivity index (χ4v) is 3.40.